The van der Waals surface area contributed by atoms with Gasteiger partial charge < -0.3 is 5.73 Å². The lowest BCUT2D eigenvalue weighted by Crippen LogP contribution is -2.46. The van der Waals surface area contributed by atoms with Crippen LogP contribution in [0.5, 0.6) is 0 Å². The normalized spacial score (nSPS) is 21.1. The first-order valence-electron chi connectivity index (χ1n) is 6.25. The molecule has 1 fully saturated rings. The van der Waals surface area contributed by atoms with Gasteiger partial charge in [0.05, 0.1) is 0 Å². The quantitative estimate of drug-likeness (QED) is 0.791. The fourth-order valence-electron chi connectivity index (χ4n) is 2.38. The molecule has 17 heavy (non-hydrogen) atoms. The van der Waals surface area contributed by atoms with Crippen molar-refractivity contribution in [1.29, 1.82) is 0 Å². The third kappa shape index (κ3) is 3.91. The smallest absolute Gasteiger partial charge is 0.281 e. The van der Waals surface area contributed by atoms with Crippen molar-refractivity contribution in [1.82, 2.24) is 8.61 Å². The van der Waals surface area contributed by atoms with Crippen LogP contribution in [0.15, 0.2) is 0 Å². The number of hydrogen-bond donors (Lipinski definition) is 1. The first-order valence-corrected chi connectivity index (χ1v) is 7.64. The van der Waals surface area contributed by atoms with Gasteiger partial charge >= 0.3 is 0 Å². The van der Waals surface area contributed by atoms with Gasteiger partial charge in [-0.3, -0.25) is 0 Å². The standard InChI is InChI=1S/C11H25N3O2S/c1-13(2)17(15,16)14(3)9-11(12)10-7-5-4-6-8-10/h10-11H,4-9,12H2,1-3H3/t11-/m1/s1. The Morgan fingerprint density at radius 3 is 2.18 bits per heavy atom. The molecule has 0 spiro atoms. The topological polar surface area (TPSA) is 66.6 Å². The van der Waals surface area contributed by atoms with Gasteiger partial charge in [0.2, 0.25) is 0 Å². The molecule has 5 nitrogen and oxygen atoms in total. The summed E-state index contributed by atoms with van der Waals surface area (Å²) in [7, 11) is 1.35. The van der Waals surface area contributed by atoms with E-state index in [-0.39, 0.29) is 6.04 Å². The van der Waals surface area contributed by atoms with Crippen molar-refractivity contribution in [2.45, 2.75) is 38.1 Å². The van der Waals surface area contributed by atoms with Crippen molar-refractivity contribution in [2.75, 3.05) is 27.7 Å². The first-order chi connectivity index (χ1) is 7.85. The maximum Gasteiger partial charge on any atom is 0.281 e. The molecule has 0 heterocycles. The molecule has 1 rings (SSSR count). The van der Waals surface area contributed by atoms with Gasteiger partial charge in [-0.1, -0.05) is 19.3 Å². The van der Waals surface area contributed by atoms with Crippen LogP contribution in [0, 0.1) is 5.92 Å². The van der Waals surface area contributed by atoms with Crippen LogP contribution in [0.25, 0.3) is 0 Å². The van der Waals surface area contributed by atoms with Crippen LogP contribution in [-0.2, 0) is 10.2 Å². The lowest BCUT2D eigenvalue weighted by atomic mass is 9.84. The van der Waals surface area contributed by atoms with E-state index in [0.717, 1.165) is 12.8 Å². The molecule has 0 saturated heterocycles. The summed E-state index contributed by atoms with van der Waals surface area (Å²) >= 11 is 0. The Balaban J connectivity index is 2.53. The molecule has 1 atom stereocenters. The molecule has 0 aliphatic heterocycles. The van der Waals surface area contributed by atoms with Gasteiger partial charge in [-0.05, 0) is 18.8 Å². The van der Waals surface area contributed by atoms with Crippen LogP contribution in [0.2, 0.25) is 0 Å². The van der Waals surface area contributed by atoms with E-state index in [2.05, 4.69) is 0 Å². The summed E-state index contributed by atoms with van der Waals surface area (Å²) in [4.78, 5) is 0. The van der Waals surface area contributed by atoms with Crippen molar-refractivity contribution in [3.8, 4) is 0 Å². The molecule has 0 aromatic rings. The molecular formula is C11H25N3O2S. The van der Waals surface area contributed by atoms with Gasteiger partial charge in [0.25, 0.3) is 10.2 Å². The van der Waals surface area contributed by atoms with Crippen LogP contribution >= 0.6 is 0 Å². The average Bonchev–Trinajstić information content (AvgIpc) is 2.29. The maximum absolute atomic E-state index is 11.8. The Kier molecular flexibility index (Phi) is 5.37. The monoisotopic (exact) mass is 263 g/mol. The van der Waals surface area contributed by atoms with Crippen LogP contribution in [0.3, 0.4) is 0 Å². The predicted molar refractivity (Wildman–Crippen MR) is 69.8 cm³/mol. The van der Waals surface area contributed by atoms with Crippen molar-refractivity contribution < 1.29 is 8.42 Å². The molecule has 0 aromatic carbocycles. The van der Waals surface area contributed by atoms with Gasteiger partial charge in [-0.25, -0.2) is 0 Å². The summed E-state index contributed by atoms with van der Waals surface area (Å²) in [6.45, 7) is 0.408. The lowest BCUT2D eigenvalue weighted by Gasteiger charge is -2.31. The number of likely N-dealkylation sites (N-methyl/N-ethyl adjacent to an activating group) is 1. The minimum atomic E-state index is -3.32. The number of nitrogens with zero attached hydrogens (tertiary/aromatic N) is 2. The third-order valence-corrected chi connectivity index (χ3v) is 5.44. The summed E-state index contributed by atoms with van der Waals surface area (Å²) in [5.74, 6) is 0.476. The van der Waals surface area contributed by atoms with E-state index >= 15 is 0 Å². The molecule has 0 amide bonds. The Hall–Kier alpha value is -0.170. The lowest BCUT2D eigenvalue weighted by molar-refractivity contribution is 0.272. The first kappa shape index (κ1) is 14.9. The fraction of sp³-hybridized carbons (Fsp3) is 1.00. The molecular weight excluding hydrogens is 238 g/mol. The van der Waals surface area contributed by atoms with E-state index in [1.807, 2.05) is 0 Å². The molecule has 0 bridgehead atoms. The van der Waals surface area contributed by atoms with E-state index in [9.17, 15) is 8.42 Å². The molecule has 0 aromatic heterocycles. The summed E-state index contributed by atoms with van der Waals surface area (Å²) in [5.41, 5.74) is 6.12. The highest BCUT2D eigenvalue weighted by molar-refractivity contribution is 7.86. The molecule has 0 unspecified atom stereocenters. The van der Waals surface area contributed by atoms with Crippen molar-refractivity contribution in [3.63, 3.8) is 0 Å². The number of rotatable bonds is 5. The van der Waals surface area contributed by atoms with E-state index in [1.54, 1.807) is 7.05 Å². The molecule has 0 radical (unpaired) electrons. The van der Waals surface area contributed by atoms with Crippen molar-refractivity contribution >= 4 is 10.2 Å². The van der Waals surface area contributed by atoms with Gasteiger partial charge in [-0.15, -0.1) is 0 Å². The largest absolute Gasteiger partial charge is 0.326 e. The molecule has 1 saturated carbocycles. The third-order valence-electron chi connectivity index (χ3n) is 3.58. The Bertz CT molecular complexity index is 324. The van der Waals surface area contributed by atoms with E-state index in [0.29, 0.717) is 12.5 Å². The van der Waals surface area contributed by atoms with Crippen LogP contribution < -0.4 is 5.73 Å². The molecule has 1 aliphatic carbocycles. The summed E-state index contributed by atoms with van der Waals surface area (Å²) in [6.07, 6.45) is 6.01. The summed E-state index contributed by atoms with van der Waals surface area (Å²) in [5, 5.41) is 0. The zero-order chi connectivity index (χ0) is 13.1. The van der Waals surface area contributed by atoms with Gasteiger partial charge in [0, 0.05) is 33.7 Å². The van der Waals surface area contributed by atoms with Crippen molar-refractivity contribution in [3.05, 3.63) is 0 Å². The molecule has 2 N–H and O–H groups in total. The minimum Gasteiger partial charge on any atom is -0.326 e. The second-order valence-corrected chi connectivity index (χ2v) is 7.38. The van der Waals surface area contributed by atoms with E-state index in [1.165, 1.54) is 42.0 Å². The van der Waals surface area contributed by atoms with Gasteiger partial charge in [-0.2, -0.15) is 17.0 Å². The van der Waals surface area contributed by atoms with Crippen LogP contribution in [-0.4, -0.2) is 50.8 Å². The second kappa shape index (κ2) is 6.13. The zero-order valence-corrected chi connectivity index (χ0v) is 11.9. The van der Waals surface area contributed by atoms with Gasteiger partial charge in [0.15, 0.2) is 0 Å². The zero-order valence-electron chi connectivity index (χ0n) is 11.1. The maximum atomic E-state index is 11.8. The van der Waals surface area contributed by atoms with Gasteiger partial charge in [0.1, 0.15) is 0 Å². The Morgan fingerprint density at radius 2 is 1.71 bits per heavy atom. The van der Waals surface area contributed by atoms with Crippen LogP contribution in [0.1, 0.15) is 32.1 Å². The van der Waals surface area contributed by atoms with Crippen molar-refractivity contribution in [2.24, 2.45) is 11.7 Å². The number of hydrogen-bond acceptors (Lipinski definition) is 3. The average molecular weight is 263 g/mol. The summed E-state index contributed by atoms with van der Waals surface area (Å²) < 4.78 is 26.3. The molecule has 6 heteroatoms. The SMILES string of the molecule is CN(C)S(=O)(=O)N(C)C[C@@H](N)C1CCCCC1. The van der Waals surface area contributed by atoms with E-state index < -0.39 is 10.2 Å². The highest BCUT2D eigenvalue weighted by Crippen LogP contribution is 2.26. The summed E-state index contributed by atoms with van der Waals surface area (Å²) in [6, 6.07) is -0.0463. The van der Waals surface area contributed by atoms with E-state index in [4.69, 9.17) is 5.73 Å². The second-order valence-electron chi connectivity index (χ2n) is 5.13. The van der Waals surface area contributed by atoms with Crippen LogP contribution in [0.4, 0.5) is 0 Å². The molecule has 102 valence electrons. The molecule has 1 aliphatic rings. The highest BCUT2D eigenvalue weighted by Gasteiger charge is 2.26. The Morgan fingerprint density at radius 1 is 1.18 bits per heavy atom. The Labute approximate surface area is 105 Å². The fourth-order valence-corrected chi connectivity index (χ4v) is 3.30. The minimum absolute atomic E-state index is 0.0463. The highest BCUT2D eigenvalue weighted by atomic mass is 32.2. The predicted octanol–water partition coefficient (Wildman–Crippen LogP) is 0.632. The number of nitrogens with two attached hydrogens (primary N) is 1.